The van der Waals surface area contributed by atoms with Crippen LogP contribution < -0.4 is 11.1 Å². The monoisotopic (exact) mass is 335 g/mol. The summed E-state index contributed by atoms with van der Waals surface area (Å²) in [6.07, 6.45) is 1.71. The van der Waals surface area contributed by atoms with Gasteiger partial charge in [0.05, 0.1) is 21.7 Å². The Morgan fingerprint density at radius 2 is 2.17 bits per heavy atom. The van der Waals surface area contributed by atoms with Gasteiger partial charge in [-0.1, -0.05) is 13.8 Å². The summed E-state index contributed by atoms with van der Waals surface area (Å²) in [6, 6.07) is 2.78. The van der Waals surface area contributed by atoms with Gasteiger partial charge in [0, 0.05) is 12.7 Å². The molecule has 23 heavy (non-hydrogen) atoms. The van der Waals surface area contributed by atoms with Crippen molar-refractivity contribution in [3.8, 4) is 0 Å². The van der Waals surface area contributed by atoms with Gasteiger partial charge in [0.1, 0.15) is 6.04 Å². The average Bonchev–Trinajstić information content (AvgIpc) is 2.95. The number of nitrogens with two attached hydrogens (primary N) is 1. The van der Waals surface area contributed by atoms with Crippen LogP contribution in [0.15, 0.2) is 18.3 Å². The number of nitrogens with one attached hydrogen (secondary N) is 1. The van der Waals surface area contributed by atoms with Crippen LogP contribution in [0.4, 0.5) is 0 Å². The van der Waals surface area contributed by atoms with Crippen LogP contribution in [-0.2, 0) is 9.53 Å². The van der Waals surface area contributed by atoms with E-state index < -0.39 is 12.0 Å². The number of fused-ring (bicyclic) bond motifs is 1. The van der Waals surface area contributed by atoms with E-state index in [1.54, 1.807) is 12.3 Å². The van der Waals surface area contributed by atoms with Crippen molar-refractivity contribution in [1.29, 1.82) is 0 Å². The van der Waals surface area contributed by atoms with Gasteiger partial charge < -0.3 is 15.8 Å². The third-order valence-electron chi connectivity index (χ3n) is 3.18. The lowest BCUT2D eigenvalue weighted by Crippen LogP contribution is -2.43. The molecule has 2 aromatic rings. The molecular formula is C16H21N3O3S. The number of aromatic nitrogens is 1. The van der Waals surface area contributed by atoms with E-state index in [0.717, 1.165) is 15.8 Å². The van der Waals surface area contributed by atoms with Crippen LogP contribution in [-0.4, -0.2) is 36.1 Å². The molecule has 124 valence electrons. The molecule has 1 amide bonds. The van der Waals surface area contributed by atoms with Crippen molar-refractivity contribution in [2.75, 3.05) is 13.2 Å². The van der Waals surface area contributed by atoms with Gasteiger partial charge in [0.15, 0.2) is 0 Å². The Morgan fingerprint density at radius 3 is 2.83 bits per heavy atom. The molecule has 0 bridgehead atoms. The van der Waals surface area contributed by atoms with Crippen LogP contribution in [0, 0.1) is 12.8 Å². The van der Waals surface area contributed by atoms with E-state index in [1.807, 2.05) is 26.8 Å². The zero-order chi connectivity index (χ0) is 17.0. The van der Waals surface area contributed by atoms with Crippen molar-refractivity contribution in [3.63, 3.8) is 0 Å². The Morgan fingerprint density at radius 1 is 1.43 bits per heavy atom. The van der Waals surface area contributed by atoms with Crippen molar-refractivity contribution in [2.45, 2.75) is 26.8 Å². The van der Waals surface area contributed by atoms with Gasteiger partial charge in [-0.25, -0.2) is 0 Å². The second kappa shape index (κ2) is 7.52. The molecule has 2 rings (SSSR count). The summed E-state index contributed by atoms with van der Waals surface area (Å²) in [6.45, 7) is 6.22. The predicted molar refractivity (Wildman–Crippen MR) is 90.5 cm³/mol. The van der Waals surface area contributed by atoms with Crippen molar-refractivity contribution >= 4 is 33.4 Å². The topological polar surface area (TPSA) is 94.3 Å². The molecule has 0 spiro atoms. The van der Waals surface area contributed by atoms with Crippen molar-refractivity contribution in [1.82, 2.24) is 10.3 Å². The van der Waals surface area contributed by atoms with Gasteiger partial charge in [0.25, 0.3) is 5.91 Å². The molecule has 0 unspecified atom stereocenters. The van der Waals surface area contributed by atoms with E-state index in [9.17, 15) is 9.59 Å². The van der Waals surface area contributed by atoms with Gasteiger partial charge in [-0.05, 0) is 30.5 Å². The number of ether oxygens (including phenoxy) is 1. The molecule has 0 saturated heterocycles. The summed E-state index contributed by atoms with van der Waals surface area (Å²) in [5.74, 6) is -0.526. The molecule has 6 nitrogen and oxygen atoms in total. The lowest BCUT2D eigenvalue weighted by Gasteiger charge is -2.13. The molecule has 0 saturated carbocycles. The highest BCUT2D eigenvalue weighted by molar-refractivity contribution is 7.21. The number of hydrogen-bond acceptors (Lipinski definition) is 6. The second-order valence-electron chi connectivity index (χ2n) is 5.79. The van der Waals surface area contributed by atoms with Crippen molar-refractivity contribution < 1.29 is 14.3 Å². The molecule has 0 aliphatic heterocycles. The third-order valence-corrected chi connectivity index (χ3v) is 4.44. The van der Waals surface area contributed by atoms with E-state index in [2.05, 4.69) is 10.3 Å². The maximum absolute atomic E-state index is 12.2. The lowest BCUT2D eigenvalue weighted by atomic mass is 10.2. The summed E-state index contributed by atoms with van der Waals surface area (Å²) < 4.78 is 6.03. The molecule has 2 heterocycles. The number of rotatable bonds is 6. The quantitative estimate of drug-likeness (QED) is 0.786. The largest absolute Gasteiger partial charge is 0.464 e. The molecule has 0 aliphatic carbocycles. The van der Waals surface area contributed by atoms with Crippen LogP contribution in [0.2, 0.25) is 0 Å². The highest BCUT2D eigenvalue weighted by Crippen LogP contribution is 2.26. The number of esters is 1. The molecule has 0 radical (unpaired) electrons. The standard InChI is InChI=1S/C16H21N3O3S/c1-9(2)8-22-16(21)11(17)7-19-15(20)13-6-12-14(23-13)10(3)4-5-18-12/h4-6,9,11H,7-8,17H2,1-3H3,(H,19,20)/t11-/m1/s1. The highest BCUT2D eigenvalue weighted by atomic mass is 32.1. The first kappa shape index (κ1) is 17.4. The molecule has 1 atom stereocenters. The van der Waals surface area contributed by atoms with E-state index in [0.29, 0.717) is 11.5 Å². The summed E-state index contributed by atoms with van der Waals surface area (Å²) in [4.78, 5) is 28.6. The minimum Gasteiger partial charge on any atom is -0.464 e. The number of thiophene rings is 1. The second-order valence-corrected chi connectivity index (χ2v) is 6.85. The normalized spacial score (nSPS) is 12.4. The maximum Gasteiger partial charge on any atom is 0.324 e. The Bertz CT molecular complexity index is 712. The van der Waals surface area contributed by atoms with Gasteiger partial charge in [-0.15, -0.1) is 11.3 Å². The van der Waals surface area contributed by atoms with Crippen LogP contribution in [0.25, 0.3) is 10.2 Å². The fourth-order valence-electron chi connectivity index (χ4n) is 1.91. The van der Waals surface area contributed by atoms with E-state index in [1.165, 1.54) is 11.3 Å². The van der Waals surface area contributed by atoms with Gasteiger partial charge in [-0.3, -0.25) is 14.6 Å². The highest BCUT2D eigenvalue weighted by Gasteiger charge is 2.18. The summed E-state index contributed by atoms with van der Waals surface area (Å²) in [5, 5.41) is 2.67. The number of aryl methyl sites for hydroxylation is 1. The number of amides is 1. The zero-order valence-corrected chi connectivity index (χ0v) is 14.3. The lowest BCUT2D eigenvalue weighted by molar-refractivity contribution is -0.146. The first-order valence-electron chi connectivity index (χ1n) is 7.44. The van der Waals surface area contributed by atoms with E-state index in [-0.39, 0.29) is 18.4 Å². The number of carbonyl (C=O) groups is 2. The first-order valence-corrected chi connectivity index (χ1v) is 8.25. The smallest absolute Gasteiger partial charge is 0.324 e. The Labute approximate surface area is 139 Å². The summed E-state index contributed by atoms with van der Waals surface area (Å²) in [5.41, 5.74) is 7.60. The SMILES string of the molecule is Cc1ccnc2cc(C(=O)NC[C@@H](N)C(=O)OCC(C)C)sc12. The first-order chi connectivity index (χ1) is 10.9. The minimum absolute atomic E-state index is 0.0381. The van der Waals surface area contributed by atoms with Crippen molar-refractivity contribution in [2.24, 2.45) is 11.7 Å². The molecular weight excluding hydrogens is 314 g/mol. The molecule has 0 aliphatic rings. The Hall–Kier alpha value is -1.99. The fraction of sp³-hybridized carbons (Fsp3) is 0.438. The zero-order valence-electron chi connectivity index (χ0n) is 13.5. The summed E-state index contributed by atoms with van der Waals surface area (Å²) in [7, 11) is 0. The van der Waals surface area contributed by atoms with Gasteiger partial charge in [0.2, 0.25) is 0 Å². The van der Waals surface area contributed by atoms with Gasteiger partial charge >= 0.3 is 5.97 Å². The van der Waals surface area contributed by atoms with Crippen molar-refractivity contribution in [3.05, 3.63) is 28.8 Å². The molecule has 0 aromatic carbocycles. The average molecular weight is 335 g/mol. The van der Waals surface area contributed by atoms with E-state index in [4.69, 9.17) is 10.5 Å². The van der Waals surface area contributed by atoms with Crippen LogP contribution in [0.5, 0.6) is 0 Å². The fourth-order valence-corrected chi connectivity index (χ4v) is 2.91. The van der Waals surface area contributed by atoms with E-state index >= 15 is 0 Å². The number of hydrogen-bond donors (Lipinski definition) is 2. The van der Waals surface area contributed by atoms with Crippen LogP contribution in [0.1, 0.15) is 29.1 Å². The van der Waals surface area contributed by atoms with Crippen LogP contribution >= 0.6 is 11.3 Å². The summed E-state index contributed by atoms with van der Waals surface area (Å²) >= 11 is 1.37. The Balaban J connectivity index is 1.93. The molecule has 0 fully saturated rings. The third kappa shape index (κ3) is 4.49. The molecule has 2 aromatic heterocycles. The maximum atomic E-state index is 12.2. The predicted octanol–water partition coefficient (Wildman–Crippen LogP) is 1.86. The number of pyridine rings is 1. The van der Waals surface area contributed by atoms with Crippen LogP contribution in [0.3, 0.4) is 0 Å². The minimum atomic E-state index is -0.869. The Kier molecular flexibility index (Phi) is 5.68. The number of carbonyl (C=O) groups excluding carboxylic acids is 2. The van der Waals surface area contributed by atoms with Gasteiger partial charge in [-0.2, -0.15) is 0 Å². The number of nitrogens with zero attached hydrogens (tertiary/aromatic N) is 1. The molecule has 3 N–H and O–H groups in total. The molecule has 7 heteroatoms.